The summed E-state index contributed by atoms with van der Waals surface area (Å²) >= 11 is 0. The summed E-state index contributed by atoms with van der Waals surface area (Å²) in [5.41, 5.74) is 3.52. The first-order valence-corrected chi connectivity index (χ1v) is 5.30. The van der Waals surface area contributed by atoms with Gasteiger partial charge >= 0.3 is 0 Å². The van der Waals surface area contributed by atoms with Gasteiger partial charge in [-0.3, -0.25) is 9.79 Å². The van der Waals surface area contributed by atoms with Gasteiger partial charge in [-0.05, 0) is 37.0 Å². The fraction of sp³-hybridized carbons (Fsp3) is 0.143. The van der Waals surface area contributed by atoms with E-state index in [1.165, 1.54) is 0 Å². The summed E-state index contributed by atoms with van der Waals surface area (Å²) in [5, 5.41) is 3.03. The molecule has 0 aliphatic carbocycles. The van der Waals surface area contributed by atoms with Gasteiger partial charge < -0.3 is 5.32 Å². The highest BCUT2D eigenvalue weighted by molar-refractivity contribution is 5.87. The van der Waals surface area contributed by atoms with Crippen molar-refractivity contribution < 1.29 is 4.79 Å². The highest BCUT2D eigenvalue weighted by atomic mass is 16.1. The summed E-state index contributed by atoms with van der Waals surface area (Å²) in [6.07, 6.45) is 4.06. The molecule has 0 saturated carbocycles. The van der Waals surface area contributed by atoms with Crippen molar-refractivity contribution in [1.29, 1.82) is 0 Å². The SMILES string of the molecule is C=Cc1c(N=C)cccc1/C(=C/C=O)CNC. The predicted octanol–water partition coefficient (Wildman–Crippen LogP) is 2.46. The molecule has 1 aromatic rings. The third-order valence-electron chi connectivity index (χ3n) is 2.44. The van der Waals surface area contributed by atoms with Gasteiger partial charge in [0.25, 0.3) is 0 Å². The van der Waals surface area contributed by atoms with E-state index in [9.17, 15) is 4.79 Å². The molecule has 0 bridgehead atoms. The van der Waals surface area contributed by atoms with Gasteiger partial charge in [0.2, 0.25) is 0 Å². The maximum absolute atomic E-state index is 10.7. The van der Waals surface area contributed by atoms with Crippen molar-refractivity contribution in [1.82, 2.24) is 5.32 Å². The number of nitrogens with zero attached hydrogens (tertiary/aromatic N) is 1. The minimum atomic E-state index is 0.611. The van der Waals surface area contributed by atoms with Crippen molar-refractivity contribution >= 4 is 30.3 Å². The lowest BCUT2D eigenvalue weighted by Crippen LogP contribution is -2.10. The molecule has 3 heteroatoms. The quantitative estimate of drug-likeness (QED) is 0.461. The lowest BCUT2D eigenvalue weighted by atomic mass is 9.98. The molecular formula is C14H16N2O. The molecule has 0 aliphatic rings. The average Bonchev–Trinajstić information content (AvgIpc) is 2.37. The molecule has 0 unspecified atom stereocenters. The largest absolute Gasteiger partial charge is 0.316 e. The lowest BCUT2D eigenvalue weighted by molar-refractivity contribution is -0.104. The van der Waals surface area contributed by atoms with Gasteiger partial charge in [-0.25, -0.2) is 0 Å². The first kappa shape index (κ1) is 13.1. The first-order valence-electron chi connectivity index (χ1n) is 5.30. The van der Waals surface area contributed by atoms with Crippen molar-refractivity contribution in [3.63, 3.8) is 0 Å². The summed E-state index contributed by atoms with van der Waals surface area (Å²) in [7, 11) is 1.84. The molecule has 88 valence electrons. The molecule has 0 radical (unpaired) electrons. The fourth-order valence-corrected chi connectivity index (χ4v) is 1.70. The van der Waals surface area contributed by atoms with Crippen molar-refractivity contribution in [3.8, 4) is 0 Å². The van der Waals surface area contributed by atoms with Crippen LogP contribution in [0.5, 0.6) is 0 Å². The second-order valence-electron chi connectivity index (χ2n) is 3.46. The lowest BCUT2D eigenvalue weighted by Gasteiger charge is -2.11. The van der Waals surface area contributed by atoms with Gasteiger partial charge in [-0.15, -0.1) is 0 Å². The van der Waals surface area contributed by atoms with E-state index in [-0.39, 0.29) is 0 Å². The maximum atomic E-state index is 10.7. The van der Waals surface area contributed by atoms with Crippen LogP contribution >= 0.6 is 0 Å². The molecule has 0 fully saturated rings. The molecule has 0 spiro atoms. The van der Waals surface area contributed by atoms with Crippen LogP contribution in [0, 0.1) is 0 Å². The number of likely N-dealkylation sites (N-methyl/N-ethyl adjacent to an activating group) is 1. The fourth-order valence-electron chi connectivity index (χ4n) is 1.70. The molecule has 3 nitrogen and oxygen atoms in total. The van der Waals surface area contributed by atoms with Gasteiger partial charge in [0.05, 0.1) is 5.69 Å². The van der Waals surface area contributed by atoms with E-state index in [4.69, 9.17) is 0 Å². The highest BCUT2D eigenvalue weighted by Crippen LogP contribution is 2.28. The molecule has 0 atom stereocenters. The highest BCUT2D eigenvalue weighted by Gasteiger charge is 2.08. The Morgan fingerprint density at radius 2 is 2.29 bits per heavy atom. The zero-order chi connectivity index (χ0) is 12.7. The van der Waals surface area contributed by atoms with Crippen LogP contribution in [-0.2, 0) is 4.79 Å². The van der Waals surface area contributed by atoms with Crippen molar-refractivity contribution in [2.75, 3.05) is 13.6 Å². The van der Waals surface area contributed by atoms with Crippen molar-refractivity contribution in [3.05, 3.63) is 42.0 Å². The number of rotatable bonds is 6. The Balaban J connectivity index is 3.37. The molecule has 0 heterocycles. The molecule has 1 aromatic carbocycles. The third-order valence-corrected chi connectivity index (χ3v) is 2.44. The van der Waals surface area contributed by atoms with Crippen LogP contribution < -0.4 is 5.32 Å². The second-order valence-corrected chi connectivity index (χ2v) is 3.46. The van der Waals surface area contributed by atoms with Crippen LogP contribution in [0.2, 0.25) is 0 Å². The number of carbonyl (C=O) groups is 1. The summed E-state index contributed by atoms with van der Waals surface area (Å²) in [5.74, 6) is 0. The number of carbonyl (C=O) groups excluding carboxylic acids is 1. The zero-order valence-corrected chi connectivity index (χ0v) is 9.94. The van der Waals surface area contributed by atoms with E-state index in [1.807, 2.05) is 25.2 Å². The molecule has 0 saturated heterocycles. The van der Waals surface area contributed by atoms with Crippen LogP contribution in [0.15, 0.2) is 35.8 Å². The zero-order valence-electron chi connectivity index (χ0n) is 9.94. The molecule has 0 aliphatic heterocycles. The maximum Gasteiger partial charge on any atom is 0.143 e. The van der Waals surface area contributed by atoms with E-state index >= 15 is 0 Å². The first-order chi connectivity index (χ1) is 8.28. The number of aliphatic imine (C=N–C) groups is 1. The minimum absolute atomic E-state index is 0.611. The number of hydrogen-bond acceptors (Lipinski definition) is 3. The second kappa shape index (κ2) is 6.55. The van der Waals surface area contributed by atoms with Gasteiger partial charge in [0.1, 0.15) is 6.29 Å². The van der Waals surface area contributed by atoms with Crippen LogP contribution in [-0.4, -0.2) is 26.6 Å². The Morgan fingerprint density at radius 3 is 2.82 bits per heavy atom. The molecular weight excluding hydrogens is 212 g/mol. The summed E-state index contributed by atoms with van der Waals surface area (Å²) < 4.78 is 0. The Hall–Kier alpha value is -2.00. The monoisotopic (exact) mass is 228 g/mol. The van der Waals surface area contributed by atoms with E-state index < -0.39 is 0 Å². The van der Waals surface area contributed by atoms with E-state index in [0.717, 1.165) is 28.7 Å². The number of benzene rings is 1. The number of hydrogen-bond donors (Lipinski definition) is 1. The molecule has 1 N–H and O–H groups in total. The van der Waals surface area contributed by atoms with E-state index in [0.29, 0.717) is 6.54 Å². The average molecular weight is 228 g/mol. The number of allylic oxidation sites excluding steroid dienone is 1. The Labute approximate surface area is 102 Å². The van der Waals surface area contributed by atoms with Gasteiger partial charge in [-0.1, -0.05) is 24.8 Å². The van der Waals surface area contributed by atoms with Crippen molar-refractivity contribution in [2.24, 2.45) is 4.99 Å². The van der Waals surface area contributed by atoms with E-state index in [2.05, 4.69) is 23.6 Å². The van der Waals surface area contributed by atoms with Crippen LogP contribution in [0.3, 0.4) is 0 Å². The summed E-state index contributed by atoms with van der Waals surface area (Å²) in [4.78, 5) is 14.6. The van der Waals surface area contributed by atoms with Crippen LogP contribution in [0.1, 0.15) is 11.1 Å². The molecule has 1 rings (SSSR count). The summed E-state index contributed by atoms with van der Waals surface area (Å²) in [6.45, 7) is 7.92. The molecule has 17 heavy (non-hydrogen) atoms. The smallest absolute Gasteiger partial charge is 0.143 e. The van der Waals surface area contributed by atoms with Crippen LogP contribution in [0.4, 0.5) is 5.69 Å². The standard InChI is InChI=1S/C14H16N2O/c1-4-12-13(6-5-7-14(12)16-3)11(8-9-17)10-15-2/h4-9,15H,1,3,10H2,2H3/b11-8+. The Bertz CT molecular complexity index is 461. The van der Waals surface area contributed by atoms with Gasteiger partial charge in [-0.2, -0.15) is 0 Å². The molecule has 0 amide bonds. The predicted molar refractivity (Wildman–Crippen MR) is 73.7 cm³/mol. The van der Waals surface area contributed by atoms with Gasteiger partial charge in [0.15, 0.2) is 0 Å². The Kier molecular flexibility index (Phi) is 5.04. The molecule has 0 aromatic heterocycles. The Morgan fingerprint density at radius 1 is 1.53 bits per heavy atom. The normalized spacial score (nSPS) is 11.0. The van der Waals surface area contributed by atoms with E-state index in [1.54, 1.807) is 12.2 Å². The minimum Gasteiger partial charge on any atom is -0.316 e. The number of aldehydes is 1. The van der Waals surface area contributed by atoms with Gasteiger partial charge in [0, 0.05) is 12.1 Å². The summed E-state index contributed by atoms with van der Waals surface area (Å²) in [6, 6.07) is 5.70. The third kappa shape index (κ3) is 2.98. The topological polar surface area (TPSA) is 41.5 Å². The van der Waals surface area contributed by atoms with Crippen LogP contribution in [0.25, 0.3) is 11.6 Å². The number of nitrogens with one attached hydrogen (secondary N) is 1. The van der Waals surface area contributed by atoms with Crippen molar-refractivity contribution in [2.45, 2.75) is 0 Å².